The van der Waals surface area contributed by atoms with Crippen LogP contribution in [0.25, 0.3) is 0 Å². The molecule has 4 rings (SSSR count). The summed E-state index contributed by atoms with van der Waals surface area (Å²) in [5.41, 5.74) is 0.0273. The monoisotopic (exact) mass is 480 g/mol. The molecular formula is C22H16ClF3N2O3S. The normalized spacial score (nSPS) is 16.4. The maximum Gasteiger partial charge on any atom is 0.416 e. The Morgan fingerprint density at radius 3 is 2.59 bits per heavy atom. The number of benzene rings is 2. The maximum atomic E-state index is 12.9. The number of hydrogen-bond donors (Lipinski definition) is 1. The standard InChI is InChI=1S/C22H16ClF3N2O3S/c23-17-8-7-15(22(24,25)26)10-18(17)27-20(30)13-3-5-14(6-4-13)21-28(19(29)12-32-21)11-16-2-1-9-31-16/h1-10,21H,11-12H2,(H,27,30)/t21-/m1/s1. The Labute approximate surface area is 190 Å². The second-order valence-electron chi connectivity index (χ2n) is 7.03. The second kappa shape index (κ2) is 8.91. The van der Waals surface area contributed by atoms with E-state index in [1.54, 1.807) is 47.6 Å². The number of thioether (sulfide) groups is 1. The van der Waals surface area contributed by atoms with Crippen LogP contribution in [0, 0.1) is 0 Å². The van der Waals surface area contributed by atoms with Gasteiger partial charge in [0.15, 0.2) is 0 Å². The largest absolute Gasteiger partial charge is 0.467 e. The van der Waals surface area contributed by atoms with Crippen molar-refractivity contribution in [2.24, 2.45) is 0 Å². The molecule has 1 N–H and O–H groups in total. The Morgan fingerprint density at radius 1 is 1.19 bits per heavy atom. The molecule has 1 atom stereocenters. The van der Waals surface area contributed by atoms with Gasteiger partial charge in [-0.15, -0.1) is 11.8 Å². The highest BCUT2D eigenvalue weighted by atomic mass is 35.5. The summed E-state index contributed by atoms with van der Waals surface area (Å²) < 4.78 is 44.2. The predicted molar refractivity (Wildman–Crippen MR) is 115 cm³/mol. The lowest BCUT2D eigenvalue weighted by atomic mass is 10.1. The minimum atomic E-state index is -4.55. The molecule has 0 spiro atoms. The van der Waals surface area contributed by atoms with Gasteiger partial charge < -0.3 is 14.6 Å². The number of hydrogen-bond acceptors (Lipinski definition) is 4. The fraction of sp³-hybridized carbons (Fsp3) is 0.182. The van der Waals surface area contributed by atoms with Gasteiger partial charge in [0.1, 0.15) is 11.1 Å². The Bertz CT molecular complexity index is 1130. The first-order valence-corrected chi connectivity index (χ1v) is 10.9. The SMILES string of the molecule is O=C(Nc1cc(C(F)(F)F)ccc1Cl)c1ccc([C@H]2SCC(=O)N2Cc2ccco2)cc1. The lowest BCUT2D eigenvalue weighted by Crippen LogP contribution is -2.27. The van der Waals surface area contributed by atoms with E-state index >= 15 is 0 Å². The lowest BCUT2D eigenvalue weighted by molar-refractivity contribution is -0.137. The molecule has 1 aliphatic rings. The van der Waals surface area contributed by atoms with E-state index in [-0.39, 0.29) is 27.6 Å². The van der Waals surface area contributed by atoms with E-state index in [4.69, 9.17) is 16.0 Å². The molecule has 2 amide bonds. The molecule has 10 heteroatoms. The molecule has 1 fully saturated rings. The first-order chi connectivity index (χ1) is 15.2. The van der Waals surface area contributed by atoms with Crippen LogP contribution in [0.4, 0.5) is 18.9 Å². The molecule has 0 saturated carbocycles. The van der Waals surface area contributed by atoms with E-state index in [1.165, 1.54) is 11.8 Å². The van der Waals surface area contributed by atoms with Gasteiger partial charge in [0.25, 0.3) is 5.91 Å². The van der Waals surface area contributed by atoms with Crippen molar-refractivity contribution >= 4 is 40.9 Å². The molecule has 0 aliphatic carbocycles. The van der Waals surface area contributed by atoms with Crippen LogP contribution in [-0.4, -0.2) is 22.5 Å². The minimum Gasteiger partial charge on any atom is -0.467 e. The average molecular weight is 481 g/mol. The molecule has 0 unspecified atom stereocenters. The summed E-state index contributed by atoms with van der Waals surface area (Å²) in [5, 5.41) is 2.18. The molecule has 2 heterocycles. The molecule has 1 aliphatic heterocycles. The number of anilines is 1. The van der Waals surface area contributed by atoms with Crippen LogP contribution in [-0.2, 0) is 17.5 Å². The molecule has 3 aromatic rings. The summed E-state index contributed by atoms with van der Waals surface area (Å²) >= 11 is 7.41. The lowest BCUT2D eigenvalue weighted by Gasteiger charge is -2.23. The summed E-state index contributed by atoms with van der Waals surface area (Å²) in [6.07, 6.45) is -3.01. The Balaban J connectivity index is 1.49. The van der Waals surface area contributed by atoms with Gasteiger partial charge in [-0.25, -0.2) is 0 Å². The highest BCUT2D eigenvalue weighted by Crippen LogP contribution is 2.40. The van der Waals surface area contributed by atoms with Crippen LogP contribution in [0.3, 0.4) is 0 Å². The van der Waals surface area contributed by atoms with Crippen LogP contribution >= 0.6 is 23.4 Å². The number of rotatable bonds is 5. The predicted octanol–water partition coefficient (Wildman–Crippen LogP) is 5.98. The third kappa shape index (κ3) is 4.78. The van der Waals surface area contributed by atoms with E-state index in [0.717, 1.165) is 23.8 Å². The van der Waals surface area contributed by atoms with Crippen molar-refractivity contribution in [1.82, 2.24) is 4.90 Å². The molecule has 32 heavy (non-hydrogen) atoms. The summed E-state index contributed by atoms with van der Waals surface area (Å²) in [6, 6.07) is 12.8. The topological polar surface area (TPSA) is 62.6 Å². The van der Waals surface area contributed by atoms with Gasteiger partial charge >= 0.3 is 6.18 Å². The molecular weight excluding hydrogens is 465 g/mol. The number of carbonyl (C=O) groups excluding carboxylic acids is 2. The van der Waals surface area contributed by atoms with E-state index in [1.807, 2.05) is 0 Å². The molecule has 2 aromatic carbocycles. The van der Waals surface area contributed by atoms with Crippen molar-refractivity contribution < 1.29 is 27.2 Å². The molecule has 5 nitrogen and oxygen atoms in total. The Kier molecular flexibility index (Phi) is 6.21. The van der Waals surface area contributed by atoms with Crippen molar-refractivity contribution in [3.05, 3.63) is 88.3 Å². The quantitative estimate of drug-likeness (QED) is 0.488. The zero-order chi connectivity index (χ0) is 22.9. The van der Waals surface area contributed by atoms with Crippen LogP contribution in [0.15, 0.2) is 65.3 Å². The summed E-state index contributed by atoms with van der Waals surface area (Å²) in [6.45, 7) is 0.333. The third-order valence-corrected chi connectivity index (χ3v) is 6.46. The number of nitrogens with one attached hydrogen (secondary N) is 1. The van der Waals surface area contributed by atoms with Crippen molar-refractivity contribution in [1.29, 1.82) is 0 Å². The molecule has 1 saturated heterocycles. The van der Waals surface area contributed by atoms with Crippen LogP contribution in [0.5, 0.6) is 0 Å². The number of carbonyl (C=O) groups is 2. The molecule has 0 radical (unpaired) electrons. The van der Waals surface area contributed by atoms with Crippen molar-refractivity contribution in [3.8, 4) is 0 Å². The van der Waals surface area contributed by atoms with Gasteiger partial charge in [-0.05, 0) is 48.0 Å². The van der Waals surface area contributed by atoms with E-state index in [2.05, 4.69) is 5.32 Å². The van der Waals surface area contributed by atoms with Crippen LogP contribution in [0.1, 0.15) is 32.6 Å². The average Bonchev–Trinajstić information content (AvgIpc) is 3.39. The first kappa shape index (κ1) is 22.3. The Hall–Kier alpha value is -2.91. The van der Waals surface area contributed by atoms with Crippen molar-refractivity contribution in [2.75, 3.05) is 11.1 Å². The zero-order valence-electron chi connectivity index (χ0n) is 16.4. The number of nitrogens with zero attached hydrogens (tertiary/aromatic N) is 1. The fourth-order valence-electron chi connectivity index (χ4n) is 3.26. The van der Waals surface area contributed by atoms with Gasteiger partial charge in [-0.1, -0.05) is 23.7 Å². The summed E-state index contributed by atoms with van der Waals surface area (Å²) in [4.78, 5) is 26.5. The third-order valence-electron chi connectivity index (χ3n) is 4.87. The van der Waals surface area contributed by atoms with Gasteiger partial charge in [-0.2, -0.15) is 13.2 Å². The smallest absolute Gasteiger partial charge is 0.416 e. The van der Waals surface area contributed by atoms with E-state index < -0.39 is 17.6 Å². The Morgan fingerprint density at radius 2 is 1.94 bits per heavy atom. The van der Waals surface area contributed by atoms with Gasteiger partial charge in [0.2, 0.25) is 5.91 Å². The zero-order valence-corrected chi connectivity index (χ0v) is 17.9. The number of alkyl halides is 3. The molecule has 166 valence electrons. The number of furan rings is 1. The highest BCUT2D eigenvalue weighted by molar-refractivity contribution is 8.00. The minimum absolute atomic E-state index is 0.00240. The van der Waals surface area contributed by atoms with Crippen LogP contribution < -0.4 is 5.32 Å². The number of amides is 2. The van der Waals surface area contributed by atoms with Crippen molar-refractivity contribution in [2.45, 2.75) is 18.1 Å². The van der Waals surface area contributed by atoms with E-state index in [0.29, 0.717) is 18.1 Å². The van der Waals surface area contributed by atoms with Crippen LogP contribution in [0.2, 0.25) is 5.02 Å². The number of halogens is 4. The first-order valence-electron chi connectivity index (χ1n) is 9.44. The van der Waals surface area contributed by atoms with Gasteiger partial charge in [0, 0.05) is 5.56 Å². The summed E-state index contributed by atoms with van der Waals surface area (Å²) in [7, 11) is 0. The molecule has 1 aromatic heterocycles. The van der Waals surface area contributed by atoms with Crippen molar-refractivity contribution in [3.63, 3.8) is 0 Å². The maximum absolute atomic E-state index is 12.9. The summed E-state index contributed by atoms with van der Waals surface area (Å²) in [5.74, 6) is 0.388. The highest BCUT2D eigenvalue weighted by Gasteiger charge is 2.33. The fourth-order valence-corrected chi connectivity index (χ4v) is 4.62. The molecule has 0 bridgehead atoms. The van der Waals surface area contributed by atoms with Gasteiger partial charge in [-0.3, -0.25) is 9.59 Å². The second-order valence-corrected chi connectivity index (χ2v) is 8.51. The van der Waals surface area contributed by atoms with Gasteiger partial charge in [0.05, 0.1) is 34.8 Å². The van der Waals surface area contributed by atoms with E-state index in [9.17, 15) is 22.8 Å².